The standard InChI is InChI=1S/C21H22N2O5S2/c1-23(2)30(26,27)17-8-4-14(5-9-17)6-11-20(24)22-16-7-10-18-15(12-16)13-19(29-18)21(25)28-3/h4-5,7-10,12-13H,6,11H2,1-3H3,(H,22,24). The number of esters is 1. The zero-order valence-electron chi connectivity index (χ0n) is 16.8. The molecule has 7 nitrogen and oxygen atoms in total. The molecule has 1 amide bonds. The number of aryl methyl sites for hydroxylation is 1. The number of carbonyl (C=O) groups excluding carboxylic acids is 2. The van der Waals surface area contributed by atoms with Crippen LogP contribution < -0.4 is 5.32 Å². The fraction of sp³-hybridized carbons (Fsp3) is 0.238. The molecule has 0 spiro atoms. The van der Waals surface area contributed by atoms with Crippen LogP contribution in [0.1, 0.15) is 21.7 Å². The molecule has 0 fully saturated rings. The second kappa shape index (κ2) is 8.95. The van der Waals surface area contributed by atoms with Crippen molar-refractivity contribution in [3.05, 3.63) is 59.0 Å². The number of carbonyl (C=O) groups is 2. The first-order chi connectivity index (χ1) is 14.2. The molecule has 0 saturated carbocycles. The Hall–Kier alpha value is -2.75. The van der Waals surface area contributed by atoms with Crippen molar-refractivity contribution in [2.24, 2.45) is 0 Å². The zero-order chi connectivity index (χ0) is 21.9. The van der Waals surface area contributed by atoms with Crippen LogP contribution in [0.15, 0.2) is 53.4 Å². The SMILES string of the molecule is COC(=O)c1cc2cc(NC(=O)CCc3ccc(S(=O)(=O)N(C)C)cc3)ccc2s1. The third-order valence-electron chi connectivity index (χ3n) is 4.53. The van der Waals surface area contributed by atoms with Crippen LogP contribution in [0.5, 0.6) is 0 Å². The number of hydrogen-bond donors (Lipinski definition) is 1. The van der Waals surface area contributed by atoms with E-state index in [4.69, 9.17) is 4.74 Å². The van der Waals surface area contributed by atoms with E-state index in [1.165, 1.54) is 32.5 Å². The average molecular weight is 447 g/mol. The van der Waals surface area contributed by atoms with Gasteiger partial charge < -0.3 is 10.1 Å². The normalized spacial score (nSPS) is 11.6. The van der Waals surface area contributed by atoms with Gasteiger partial charge in [-0.05, 0) is 53.8 Å². The van der Waals surface area contributed by atoms with E-state index in [1.807, 2.05) is 12.1 Å². The summed E-state index contributed by atoms with van der Waals surface area (Å²) in [5.74, 6) is -0.533. The maximum atomic E-state index is 12.3. The van der Waals surface area contributed by atoms with Crippen molar-refractivity contribution >= 4 is 49.0 Å². The summed E-state index contributed by atoms with van der Waals surface area (Å²) in [4.78, 5) is 24.7. The average Bonchev–Trinajstić information content (AvgIpc) is 3.15. The summed E-state index contributed by atoms with van der Waals surface area (Å²) in [6.45, 7) is 0. The maximum absolute atomic E-state index is 12.3. The number of ether oxygens (including phenoxy) is 1. The number of benzene rings is 2. The predicted octanol–water partition coefficient (Wildman–Crippen LogP) is 3.51. The third kappa shape index (κ3) is 4.86. The Labute approximate surface area is 179 Å². The molecule has 0 aliphatic rings. The van der Waals surface area contributed by atoms with Crippen LogP contribution in [0.25, 0.3) is 10.1 Å². The second-order valence-electron chi connectivity index (χ2n) is 6.83. The van der Waals surface area contributed by atoms with Crippen LogP contribution in [-0.2, 0) is 26.0 Å². The molecular weight excluding hydrogens is 424 g/mol. The minimum absolute atomic E-state index is 0.150. The number of rotatable bonds is 7. The monoisotopic (exact) mass is 446 g/mol. The molecule has 0 radical (unpaired) electrons. The number of sulfonamides is 1. The van der Waals surface area contributed by atoms with Gasteiger partial charge in [-0.2, -0.15) is 0 Å². The van der Waals surface area contributed by atoms with E-state index in [9.17, 15) is 18.0 Å². The molecule has 9 heteroatoms. The fourth-order valence-electron chi connectivity index (χ4n) is 2.84. The van der Waals surface area contributed by atoms with E-state index in [1.54, 1.807) is 36.4 Å². The number of anilines is 1. The van der Waals surface area contributed by atoms with Crippen molar-refractivity contribution < 1.29 is 22.7 Å². The first kappa shape index (κ1) is 21.9. The molecule has 0 aliphatic carbocycles. The van der Waals surface area contributed by atoms with Gasteiger partial charge in [0.05, 0.1) is 12.0 Å². The molecule has 30 heavy (non-hydrogen) atoms. The van der Waals surface area contributed by atoms with Gasteiger partial charge in [-0.15, -0.1) is 11.3 Å². The van der Waals surface area contributed by atoms with Crippen LogP contribution in [0.4, 0.5) is 5.69 Å². The van der Waals surface area contributed by atoms with E-state index >= 15 is 0 Å². The summed E-state index contributed by atoms with van der Waals surface area (Å²) in [7, 11) is 0.844. The summed E-state index contributed by atoms with van der Waals surface area (Å²) >= 11 is 1.34. The zero-order valence-corrected chi connectivity index (χ0v) is 18.5. The van der Waals surface area contributed by atoms with E-state index in [2.05, 4.69) is 5.32 Å². The van der Waals surface area contributed by atoms with Gasteiger partial charge in [0.2, 0.25) is 15.9 Å². The quantitative estimate of drug-likeness (QED) is 0.561. The van der Waals surface area contributed by atoms with E-state index in [-0.39, 0.29) is 23.2 Å². The summed E-state index contributed by atoms with van der Waals surface area (Å²) in [5.41, 5.74) is 1.52. The topological polar surface area (TPSA) is 92.8 Å². The first-order valence-corrected chi connectivity index (χ1v) is 11.4. The third-order valence-corrected chi connectivity index (χ3v) is 7.45. The summed E-state index contributed by atoms with van der Waals surface area (Å²) in [6, 6.07) is 13.7. The molecule has 3 aromatic rings. The largest absolute Gasteiger partial charge is 0.465 e. The summed E-state index contributed by atoms with van der Waals surface area (Å²) < 4.78 is 31.0. The fourth-order valence-corrected chi connectivity index (χ4v) is 4.71. The molecule has 2 aromatic carbocycles. The number of fused-ring (bicyclic) bond motifs is 1. The van der Waals surface area contributed by atoms with E-state index < -0.39 is 10.0 Å². The van der Waals surface area contributed by atoms with Gasteiger partial charge in [0.15, 0.2) is 0 Å². The second-order valence-corrected chi connectivity index (χ2v) is 10.1. The highest BCUT2D eigenvalue weighted by Gasteiger charge is 2.16. The summed E-state index contributed by atoms with van der Waals surface area (Å²) in [5, 5.41) is 3.71. The lowest BCUT2D eigenvalue weighted by atomic mass is 10.1. The lowest BCUT2D eigenvalue weighted by molar-refractivity contribution is -0.116. The van der Waals surface area contributed by atoms with Crippen LogP contribution >= 0.6 is 11.3 Å². The Balaban J connectivity index is 1.61. The molecular formula is C21H22N2O5S2. The molecule has 1 heterocycles. The minimum atomic E-state index is -3.46. The van der Waals surface area contributed by atoms with Gasteiger partial charge in [0, 0.05) is 30.9 Å². The van der Waals surface area contributed by atoms with E-state index in [0.717, 1.165) is 20.0 Å². The lowest BCUT2D eigenvalue weighted by Crippen LogP contribution is -2.22. The van der Waals surface area contributed by atoms with Crippen molar-refractivity contribution in [3.63, 3.8) is 0 Å². The summed E-state index contributed by atoms with van der Waals surface area (Å²) in [6.07, 6.45) is 0.746. The number of nitrogens with one attached hydrogen (secondary N) is 1. The van der Waals surface area contributed by atoms with Gasteiger partial charge >= 0.3 is 5.97 Å². The molecule has 0 bridgehead atoms. The molecule has 1 N–H and O–H groups in total. The molecule has 3 rings (SSSR count). The van der Waals surface area contributed by atoms with Gasteiger partial charge in [-0.1, -0.05) is 12.1 Å². The molecule has 158 valence electrons. The van der Waals surface area contributed by atoms with E-state index in [0.29, 0.717) is 17.0 Å². The minimum Gasteiger partial charge on any atom is -0.465 e. The van der Waals surface area contributed by atoms with Crippen molar-refractivity contribution in [1.29, 1.82) is 0 Å². The number of hydrogen-bond acceptors (Lipinski definition) is 6. The Morgan fingerprint density at radius 2 is 1.77 bits per heavy atom. The van der Waals surface area contributed by atoms with Crippen LogP contribution in [0.3, 0.4) is 0 Å². The highest BCUT2D eigenvalue weighted by Crippen LogP contribution is 2.28. The van der Waals surface area contributed by atoms with Crippen LogP contribution in [0.2, 0.25) is 0 Å². The Kier molecular flexibility index (Phi) is 6.55. The Morgan fingerprint density at radius 3 is 2.40 bits per heavy atom. The Morgan fingerprint density at radius 1 is 1.07 bits per heavy atom. The van der Waals surface area contributed by atoms with Gasteiger partial charge in [-0.25, -0.2) is 17.5 Å². The number of amides is 1. The van der Waals surface area contributed by atoms with Gasteiger partial charge in [-0.3, -0.25) is 4.79 Å². The van der Waals surface area contributed by atoms with Gasteiger partial charge in [0.1, 0.15) is 4.88 Å². The van der Waals surface area contributed by atoms with Crippen molar-refractivity contribution in [1.82, 2.24) is 4.31 Å². The molecule has 1 aromatic heterocycles. The Bertz CT molecular complexity index is 1180. The highest BCUT2D eigenvalue weighted by molar-refractivity contribution is 7.89. The predicted molar refractivity (Wildman–Crippen MR) is 117 cm³/mol. The van der Waals surface area contributed by atoms with Crippen molar-refractivity contribution in [3.8, 4) is 0 Å². The number of nitrogens with zero attached hydrogens (tertiary/aromatic N) is 1. The number of methoxy groups -OCH3 is 1. The molecule has 0 unspecified atom stereocenters. The van der Waals surface area contributed by atoms with Gasteiger partial charge in [0.25, 0.3) is 0 Å². The van der Waals surface area contributed by atoms with Crippen molar-refractivity contribution in [2.45, 2.75) is 17.7 Å². The molecule has 0 aliphatic heterocycles. The van der Waals surface area contributed by atoms with Crippen LogP contribution in [-0.4, -0.2) is 45.8 Å². The number of thiophene rings is 1. The highest BCUT2D eigenvalue weighted by atomic mass is 32.2. The molecule has 0 saturated heterocycles. The maximum Gasteiger partial charge on any atom is 0.348 e. The smallest absolute Gasteiger partial charge is 0.348 e. The van der Waals surface area contributed by atoms with Crippen LogP contribution in [0, 0.1) is 0 Å². The van der Waals surface area contributed by atoms with Crippen molar-refractivity contribution in [2.75, 3.05) is 26.5 Å². The molecule has 0 atom stereocenters. The lowest BCUT2D eigenvalue weighted by Gasteiger charge is -2.11. The first-order valence-electron chi connectivity index (χ1n) is 9.14.